The number of aliphatic carboxylic acids is 1. The monoisotopic (exact) mass is 562 g/mol. The Morgan fingerprint density at radius 1 is 0.927 bits per heavy atom. The summed E-state index contributed by atoms with van der Waals surface area (Å²) < 4.78 is 18.0. The Morgan fingerprint density at radius 3 is 2.27 bits per heavy atom. The van der Waals surface area contributed by atoms with E-state index in [4.69, 9.17) is 24.2 Å². The van der Waals surface area contributed by atoms with Crippen LogP contribution in [-0.2, 0) is 35.2 Å². The molecule has 0 aliphatic carbocycles. The van der Waals surface area contributed by atoms with Gasteiger partial charge >= 0.3 is 5.97 Å². The van der Waals surface area contributed by atoms with Crippen molar-refractivity contribution in [1.29, 1.82) is 0 Å². The summed E-state index contributed by atoms with van der Waals surface area (Å²) in [7, 11) is 1.66. The summed E-state index contributed by atoms with van der Waals surface area (Å²) in [5.74, 6) is 0.933. The van der Waals surface area contributed by atoms with Crippen molar-refractivity contribution in [3.05, 3.63) is 70.2 Å². The summed E-state index contributed by atoms with van der Waals surface area (Å²) in [4.78, 5) is 22.1. The maximum atomic E-state index is 12.5. The van der Waals surface area contributed by atoms with Crippen LogP contribution in [0.5, 0.6) is 11.6 Å². The van der Waals surface area contributed by atoms with E-state index in [2.05, 4.69) is 33.8 Å². The number of benzene rings is 2. The van der Waals surface area contributed by atoms with Crippen LogP contribution in [0.4, 0.5) is 0 Å². The molecular formula is C34H46N2O5. The molecule has 1 N–H and O–H groups in total. The molecule has 7 heteroatoms. The summed E-state index contributed by atoms with van der Waals surface area (Å²) in [6.07, 6.45) is 5.81. The van der Waals surface area contributed by atoms with Gasteiger partial charge in [-0.15, -0.1) is 0 Å². The van der Waals surface area contributed by atoms with E-state index in [1.54, 1.807) is 19.2 Å². The number of aromatic nitrogens is 2. The first-order valence-corrected chi connectivity index (χ1v) is 15.0. The molecule has 0 spiro atoms. The van der Waals surface area contributed by atoms with Crippen molar-refractivity contribution in [3.8, 4) is 22.8 Å². The van der Waals surface area contributed by atoms with Crippen molar-refractivity contribution in [2.24, 2.45) is 0 Å². The van der Waals surface area contributed by atoms with Gasteiger partial charge < -0.3 is 19.3 Å². The molecule has 3 rings (SSSR count). The van der Waals surface area contributed by atoms with Crippen LogP contribution in [-0.4, -0.2) is 41.4 Å². The SMILES string of the molecule is CCCCc1nc(C)nc(OCCOC)c1-c1cc(CCC)c(OC(C(=O)O)c2ccccc2)c(CCC)c1CC. The number of methoxy groups -OCH3 is 1. The van der Waals surface area contributed by atoms with Gasteiger partial charge in [0, 0.05) is 12.7 Å². The first-order valence-electron chi connectivity index (χ1n) is 15.0. The summed E-state index contributed by atoms with van der Waals surface area (Å²) >= 11 is 0. The number of nitrogens with zero attached hydrogens (tertiary/aromatic N) is 2. The van der Waals surface area contributed by atoms with Crippen molar-refractivity contribution in [2.45, 2.75) is 92.1 Å². The molecule has 7 nitrogen and oxygen atoms in total. The average molecular weight is 563 g/mol. The Balaban J connectivity index is 2.33. The van der Waals surface area contributed by atoms with E-state index in [1.165, 1.54) is 0 Å². The number of unbranched alkanes of at least 4 members (excludes halogenated alkanes) is 1. The molecule has 222 valence electrons. The summed E-state index contributed by atoms with van der Waals surface area (Å²) in [6.45, 7) is 11.3. The van der Waals surface area contributed by atoms with Crippen molar-refractivity contribution < 1.29 is 24.1 Å². The molecule has 3 aromatic rings. The molecule has 1 heterocycles. The van der Waals surface area contributed by atoms with E-state index in [0.717, 1.165) is 84.9 Å². The fourth-order valence-electron chi connectivity index (χ4n) is 5.29. The zero-order valence-electron chi connectivity index (χ0n) is 25.6. The van der Waals surface area contributed by atoms with Gasteiger partial charge in [-0.3, -0.25) is 0 Å². The van der Waals surface area contributed by atoms with Gasteiger partial charge in [-0.2, -0.15) is 4.98 Å². The van der Waals surface area contributed by atoms with Crippen LogP contribution >= 0.6 is 0 Å². The van der Waals surface area contributed by atoms with Gasteiger partial charge in [0.05, 0.1) is 17.9 Å². The zero-order chi connectivity index (χ0) is 29.8. The van der Waals surface area contributed by atoms with Gasteiger partial charge in [0.15, 0.2) is 0 Å². The summed E-state index contributed by atoms with van der Waals surface area (Å²) in [5, 5.41) is 10.2. The third kappa shape index (κ3) is 8.07. The molecule has 0 bridgehead atoms. The lowest BCUT2D eigenvalue weighted by molar-refractivity contribution is -0.145. The topological polar surface area (TPSA) is 90.8 Å². The Morgan fingerprint density at radius 2 is 1.66 bits per heavy atom. The molecule has 0 aliphatic heterocycles. The smallest absolute Gasteiger partial charge is 0.349 e. The van der Waals surface area contributed by atoms with Crippen molar-refractivity contribution in [1.82, 2.24) is 9.97 Å². The Bertz CT molecular complexity index is 1280. The highest BCUT2D eigenvalue weighted by molar-refractivity contribution is 5.79. The summed E-state index contributed by atoms with van der Waals surface area (Å²) in [5.41, 5.74) is 6.76. The number of ether oxygens (including phenoxy) is 3. The second kappa shape index (κ2) is 16.1. The molecule has 0 amide bonds. The largest absolute Gasteiger partial charge is 0.478 e. The molecule has 41 heavy (non-hydrogen) atoms. The van der Waals surface area contributed by atoms with Crippen LogP contribution in [0.1, 0.15) is 93.3 Å². The predicted octanol–water partition coefficient (Wildman–Crippen LogP) is 7.49. The van der Waals surface area contributed by atoms with E-state index in [1.807, 2.05) is 25.1 Å². The molecule has 1 atom stereocenters. The second-order valence-corrected chi connectivity index (χ2v) is 10.3. The summed E-state index contributed by atoms with van der Waals surface area (Å²) in [6, 6.07) is 11.3. The van der Waals surface area contributed by atoms with Crippen molar-refractivity contribution in [3.63, 3.8) is 0 Å². The third-order valence-corrected chi connectivity index (χ3v) is 7.13. The molecule has 0 saturated heterocycles. The molecule has 0 fully saturated rings. The van der Waals surface area contributed by atoms with E-state index in [9.17, 15) is 9.90 Å². The molecule has 1 aromatic heterocycles. The maximum absolute atomic E-state index is 12.5. The number of hydrogen-bond acceptors (Lipinski definition) is 6. The quantitative estimate of drug-likeness (QED) is 0.170. The molecule has 1 unspecified atom stereocenters. The van der Waals surface area contributed by atoms with Gasteiger partial charge in [-0.1, -0.05) is 77.3 Å². The second-order valence-electron chi connectivity index (χ2n) is 10.3. The molecule has 0 saturated carbocycles. The van der Waals surface area contributed by atoms with Gasteiger partial charge in [0.25, 0.3) is 0 Å². The van der Waals surface area contributed by atoms with Crippen LogP contribution in [0.3, 0.4) is 0 Å². The zero-order valence-corrected chi connectivity index (χ0v) is 25.6. The lowest BCUT2D eigenvalue weighted by Gasteiger charge is -2.26. The fourth-order valence-corrected chi connectivity index (χ4v) is 5.29. The van der Waals surface area contributed by atoms with Gasteiger partial charge in [0.1, 0.15) is 18.2 Å². The Labute approximate surface area is 245 Å². The number of hydrogen-bond donors (Lipinski definition) is 1. The lowest BCUT2D eigenvalue weighted by Crippen LogP contribution is -2.20. The molecule has 0 aliphatic rings. The predicted molar refractivity (Wildman–Crippen MR) is 163 cm³/mol. The van der Waals surface area contributed by atoms with Gasteiger partial charge in [0.2, 0.25) is 12.0 Å². The minimum Gasteiger partial charge on any atom is -0.478 e. The molecule has 0 radical (unpaired) electrons. The normalized spacial score (nSPS) is 11.9. The molecular weight excluding hydrogens is 516 g/mol. The minimum atomic E-state index is -1.10. The average Bonchev–Trinajstić information content (AvgIpc) is 2.96. The highest BCUT2D eigenvalue weighted by Gasteiger charge is 2.28. The first kappa shape index (κ1) is 32.1. The van der Waals surface area contributed by atoms with E-state index in [-0.39, 0.29) is 0 Å². The van der Waals surface area contributed by atoms with Crippen LogP contribution in [0.15, 0.2) is 36.4 Å². The molecule has 2 aromatic carbocycles. The van der Waals surface area contributed by atoms with Gasteiger partial charge in [-0.25, -0.2) is 9.78 Å². The highest BCUT2D eigenvalue weighted by Crippen LogP contribution is 2.43. The van der Waals surface area contributed by atoms with E-state index < -0.39 is 12.1 Å². The number of carboxylic acids is 1. The van der Waals surface area contributed by atoms with Crippen LogP contribution in [0, 0.1) is 6.92 Å². The Kier molecular flexibility index (Phi) is 12.6. The fraction of sp³-hybridized carbons (Fsp3) is 0.500. The first-order chi connectivity index (χ1) is 19.9. The number of carboxylic acid groups (broad SMARTS) is 1. The minimum absolute atomic E-state index is 0.386. The number of rotatable bonds is 17. The highest BCUT2D eigenvalue weighted by atomic mass is 16.5. The van der Waals surface area contributed by atoms with Crippen molar-refractivity contribution >= 4 is 5.97 Å². The van der Waals surface area contributed by atoms with Crippen molar-refractivity contribution in [2.75, 3.05) is 20.3 Å². The standard InChI is InChI=1S/C34H46N2O5/c1-7-11-19-29-30(33(36-23(5)35-29)40-21-20-39-6)28-22-25(15-8-2)31(27(16-9-3)26(28)10-4)41-32(34(37)38)24-17-13-12-14-18-24/h12-14,17-18,22,32H,7-11,15-16,19-21H2,1-6H3,(H,37,38). The van der Waals surface area contributed by atoms with Gasteiger partial charge in [-0.05, 0) is 67.3 Å². The van der Waals surface area contributed by atoms with Crippen LogP contribution < -0.4 is 9.47 Å². The van der Waals surface area contributed by atoms with Crippen LogP contribution in [0.2, 0.25) is 0 Å². The lowest BCUT2D eigenvalue weighted by atomic mass is 9.86. The number of carbonyl (C=O) groups is 1. The Hall–Kier alpha value is -3.45. The van der Waals surface area contributed by atoms with Crippen LogP contribution in [0.25, 0.3) is 11.1 Å². The van der Waals surface area contributed by atoms with E-state index in [0.29, 0.717) is 36.2 Å². The number of aryl methyl sites for hydroxylation is 3. The van der Waals surface area contributed by atoms with E-state index >= 15 is 0 Å². The maximum Gasteiger partial charge on any atom is 0.349 e. The third-order valence-electron chi connectivity index (χ3n) is 7.13.